The van der Waals surface area contributed by atoms with E-state index in [1.807, 2.05) is 36.1 Å². The molecule has 1 aliphatic rings. The lowest BCUT2D eigenvalue weighted by atomic mass is 10.0. The third-order valence-electron chi connectivity index (χ3n) is 4.54. The zero-order chi connectivity index (χ0) is 18.4. The Morgan fingerprint density at radius 1 is 1.38 bits per heavy atom. The van der Waals surface area contributed by atoms with Crippen LogP contribution in [0.4, 0.5) is 0 Å². The van der Waals surface area contributed by atoms with E-state index in [4.69, 9.17) is 9.15 Å². The van der Waals surface area contributed by atoms with E-state index in [1.54, 1.807) is 0 Å². The topological polar surface area (TPSA) is 68.5 Å². The maximum absolute atomic E-state index is 12.5. The van der Waals surface area contributed by atoms with Crippen LogP contribution in [0.15, 0.2) is 33.9 Å². The minimum Gasteiger partial charge on any atom is -0.484 e. The fourth-order valence-corrected chi connectivity index (χ4v) is 3.83. The van der Waals surface area contributed by atoms with Crippen LogP contribution in [-0.4, -0.2) is 39.3 Å². The minimum atomic E-state index is 0.150. The number of carbonyl (C=O) groups is 1. The van der Waals surface area contributed by atoms with E-state index in [2.05, 4.69) is 17.1 Å². The van der Waals surface area contributed by atoms with E-state index < -0.39 is 0 Å². The molecule has 0 N–H and O–H groups in total. The van der Waals surface area contributed by atoms with Gasteiger partial charge in [0, 0.05) is 12.6 Å². The van der Waals surface area contributed by atoms with Crippen molar-refractivity contribution in [2.75, 3.05) is 12.3 Å². The molecule has 1 unspecified atom stereocenters. The molecular formula is C19H25N3O3S. The lowest BCUT2D eigenvalue weighted by Crippen LogP contribution is -2.44. The molecule has 7 heteroatoms. The average molecular weight is 375 g/mol. The largest absolute Gasteiger partial charge is 0.484 e. The van der Waals surface area contributed by atoms with Gasteiger partial charge in [-0.15, -0.1) is 10.2 Å². The van der Waals surface area contributed by atoms with Crippen LogP contribution in [0.25, 0.3) is 0 Å². The minimum absolute atomic E-state index is 0.150. The zero-order valence-corrected chi connectivity index (χ0v) is 16.1. The fourth-order valence-electron chi connectivity index (χ4n) is 3.16. The van der Waals surface area contributed by atoms with Crippen molar-refractivity contribution >= 4 is 17.7 Å². The lowest BCUT2D eigenvalue weighted by molar-refractivity contribution is -0.132. The van der Waals surface area contributed by atoms with Crippen molar-refractivity contribution in [3.63, 3.8) is 0 Å². The highest BCUT2D eigenvalue weighted by Crippen LogP contribution is 2.23. The van der Waals surface area contributed by atoms with Gasteiger partial charge in [-0.1, -0.05) is 30.8 Å². The van der Waals surface area contributed by atoms with Crippen LogP contribution in [0.1, 0.15) is 44.1 Å². The number of hydrogen-bond donors (Lipinski definition) is 0. The molecular weight excluding hydrogens is 350 g/mol. The molecule has 1 amide bonds. The van der Waals surface area contributed by atoms with Gasteiger partial charge in [-0.3, -0.25) is 4.79 Å². The third kappa shape index (κ3) is 5.00. The Bertz CT molecular complexity index is 734. The molecule has 0 saturated carbocycles. The average Bonchev–Trinajstić information content (AvgIpc) is 3.12. The van der Waals surface area contributed by atoms with Crippen LogP contribution in [0.3, 0.4) is 0 Å². The Morgan fingerprint density at radius 3 is 3.08 bits per heavy atom. The zero-order valence-electron chi connectivity index (χ0n) is 15.3. The van der Waals surface area contributed by atoms with Crippen molar-refractivity contribution in [2.24, 2.45) is 0 Å². The van der Waals surface area contributed by atoms with Crippen molar-refractivity contribution < 1.29 is 13.9 Å². The fraction of sp³-hybridized carbons (Fsp3) is 0.526. The van der Waals surface area contributed by atoms with E-state index in [9.17, 15) is 4.79 Å². The highest BCUT2D eigenvalue weighted by molar-refractivity contribution is 7.99. The van der Waals surface area contributed by atoms with Crippen molar-refractivity contribution in [1.29, 1.82) is 0 Å². The summed E-state index contributed by atoms with van der Waals surface area (Å²) in [5.41, 5.74) is 1.13. The van der Waals surface area contributed by atoms with E-state index in [-0.39, 0.29) is 12.5 Å². The van der Waals surface area contributed by atoms with Gasteiger partial charge in [-0.05, 0) is 50.3 Å². The number of likely N-dealkylation sites (tertiary alicyclic amines) is 1. The van der Waals surface area contributed by atoms with Crippen LogP contribution < -0.4 is 4.74 Å². The summed E-state index contributed by atoms with van der Waals surface area (Å²) in [5, 5.41) is 8.39. The molecule has 0 spiro atoms. The molecule has 26 heavy (non-hydrogen) atoms. The lowest BCUT2D eigenvalue weighted by Gasteiger charge is -2.35. The molecule has 1 aromatic heterocycles. The summed E-state index contributed by atoms with van der Waals surface area (Å²) in [5.74, 6) is 1.66. The summed E-state index contributed by atoms with van der Waals surface area (Å²) >= 11 is 1.29. The highest BCUT2D eigenvalue weighted by Gasteiger charge is 2.25. The van der Waals surface area contributed by atoms with Crippen LogP contribution in [0, 0.1) is 6.92 Å². The SMILES string of the molecule is CCC1CCCCN1C(=O)CSc1nnc(COc2cccc(C)c2)o1. The van der Waals surface area contributed by atoms with Crippen molar-refractivity contribution in [2.45, 2.75) is 57.4 Å². The molecule has 140 valence electrons. The Labute approximate surface area is 158 Å². The summed E-state index contributed by atoms with van der Waals surface area (Å²) in [6.07, 6.45) is 4.42. The normalized spacial score (nSPS) is 17.3. The summed E-state index contributed by atoms with van der Waals surface area (Å²) < 4.78 is 11.2. The standard InChI is InChI=1S/C19H25N3O3S/c1-3-15-8-4-5-10-22(15)18(23)13-26-19-21-20-17(25-19)12-24-16-9-6-7-14(2)11-16/h6-7,9,11,15H,3-5,8,10,12-13H2,1-2H3. The van der Waals surface area contributed by atoms with Gasteiger partial charge in [0.25, 0.3) is 11.1 Å². The Balaban J connectivity index is 1.48. The van der Waals surface area contributed by atoms with E-state index >= 15 is 0 Å². The van der Waals surface area contributed by atoms with Crippen LogP contribution in [0.2, 0.25) is 0 Å². The summed E-state index contributed by atoms with van der Waals surface area (Å²) in [6.45, 7) is 5.23. The first-order valence-corrected chi connectivity index (χ1v) is 10.1. The van der Waals surface area contributed by atoms with Gasteiger partial charge >= 0.3 is 0 Å². The number of amides is 1. The molecule has 1 aromatic carbocycles. The molecule has 1 aliphatic heterocycles. The predicted molar refractivity (Wildman–Crippen MR) is 100 cm³/mol. The first-order chi connectivity index (χ1) is 12.7. The maximum Gasteiger partial charge on any atom is 0.277 e. The van der Waals surface area contributed by atoms with E-state index in [0.717, 1.165) is 37.1 Å². The van der Waals surface area contributed by atoms with Gasteiger partial charge < -0.3 is 14.1 Å². The van der Waals surface area contributed by atoms with Gasteiger partial charge in [0.1, 0.15) is 5.75 Å². The number of piperidine rings is 1. The van der Waals surface area contributed by atoms with Crippen molar-refractivity contribution in [1.82, 2.24) is 15.1 Å². The molecule has 2 aromatic rings. The third-order valence-corrected chi connectivity index (χ3v) is 5.34. The van der Waals surface area contributed by atoms with Gasteiger partial charge in [-0.2, -0.15) is 0 Å². The summed E-state index contributed by atoms with van der Waals surface area (Å²) in [4.78, 5) is 14.5. The maximum atomic E-state index is 12.5. The smallest absolute Gasteiger partial charge is 0.277 e. The second-order valence-electron chi connectivity index (χ2n) is 6.50. The first-order valence-electron chi connectivity index (χ1n) is 9.10. The molecule has 1 fully saturated rings. The van der Waals surface area contributed by atoms with Crippen LogP contribution >= 0.6 is 11.8 Å². The van der Waals surface area contributed by atoms with Crippen LogP contribution in [0.5, 0.6) is 5.75 Å². The highest BCUT2D eigenvalue weighted by atomic mass is 32.2. The Morgan fingerprint density at radius 2 is 2.27 bits per heavy atom. The summed E-state index contributed by atoms with van der Waals surface area (Å²) in [7, 11) is 0. The van der Waals surface area contributed by atoms with Gasteiger partial charge in [0.2, 0.25) is 5.91 Å². The molecule has 0 aliphatic carbocycles. The molecule has 3 rings (SSSR count). The molecule has 0 bridgehead atoms. The number of benzene rings is 1. The number of nitrogens with zero attached hydrogens (tertiary/aromatic N) is 3. The molecule has 2 heterocycles. The predicted octanol–water partition coefficient (Wildman–Crippen LogP) is 3.84. The van der Waals surface area contributed by atoms with Crippen molar-refractivity contribution in [3.05, 3.63) is 35.7 Å². The number of aryl methyl sites for hydroxylation is 1. The van der Waals surface area contributed by atoms with Gasteiger partial charge in [0.05, 0.1) is 5.75 Å². The monoisotopic (exact) mass is 375 g/mol. The Hall–Kier alpha value is -2.02. The molecule has 0 radical (unpaired) electrons. The second-order valence-corrected chi connectivity index (χ2v) is 7.43. The summed E-state index contributed by atoms with van der Waals surface area (Å²) in [6, 6.07) is 8.16. The Kier molecular flexibility index (Phi) is 6.55. The number of hydrogen-bond acceptors (Lipinski definition) is 6. The van der Waals surface area contributed by atoms with Crippen molar-refractivity contribution in [3.8, 4) is 5.75 Å². The second kappa shape index (κ2) is 9.07. The number of rotatable bonds is 7. The van der Waals surface area contributed by atoms with Crippen LogP contribution in [-0.2, 0) is 11.4 Å². The first kappa shape index (κ1) is 18.8. The number of thioether (sulfide) groups is 1. The number of aromatic nitrogens is 2. The molecule has 6 nitrogen and oxygen atoms in total. The molecule has 1 atom stereocenters. The molecule has 1 saturated heterocycles. The van der Waals surface area contributed by atoms with Gasteiger partial charge in [0.15, 0.2) is 6.61 Å². The number of ether oxygens (including phenoxy) is 1. The quantitative estimate of drug-likeness (QED) is 0.685. The van der Waals surface area contributed by atoms with E-state index in [1.165, 1.54) is 18.2 Å². The van der Waals surface area contributed by atoms with Gasteiger partial charge in [-0.25, -0.2) is 0 Å². The number of carbonyl (C=O) groups excluding carboxylic acids is 1. The van der Waals surface area contributed by atoms with E-state index in [0.29, 0.717) is 22.9 Å².